The van der Waals surface area contributed by atoms with E-state index in [0.717, 1.165) is 0 Å². The minimum absolute atomic E-state index is 0.00135. The maximum atomic E-state index is 2.58. The van der Waals surface area contributed by atoms with E-state index < -0.39 is 0 Å². The van der Waals surface area contributed by atoms with E-state index in [1.807, 2.05) is 68.0 Å². The summed E-state index contributed by atoms with van der Waals surface area (Å²) in [5, 5.41) is 4.34. The molecule has 0 radical (unpaired) electrons. The molecule has 280 valence electrons. The Labute approximate surface area is 355 Å². The van der Waals surface area contributed by atoms with E-state index in [4.69, 9.17) is 0 Å². The first-order valence-corrected chi connectivity index (χ1v) is 24.3. The molecule has 0 saturated carbocycles. The zero-order chi connectivity index (χ0) is 38.8. The molecule has 6 heteroatoms. The van der Waals surface area contributed by atoms with Crippen LogP contribution < -0.4 is 0 Å². The lowest BCUT2D eigenvalue weighted by molar-refractivity contribution is 0.249. The van der Waals surface area contributed by atoms with Crippen LogP contribution in [0, 0.1) is 21.7 Å². The van der Waals surface area contributed by atoms with Gasteiger partial charge < -0.3 is 0 Å². The average Bonchev–Trinajstić information content (AvgIpc) is 4.00. The van der Waals surface area contributed by atoms with Gasteiger partial charge in [-0.25, -0.2) is 0 Å². The molecule has 6 aromatic rings. The first-order valence-electron chi connectivity index (χ1n) is 19.3. The Balaban J connectivity index is 1.15. The number of allylic oxidation sites excluding steroid dienone is 14. The van der Waals surface area contributed by atoms with Crippen LogP contribution in [0.2, 0.25) is 0 Å². The maximum absolute atomic E-state index is 2.58. The highest BCUT2D eigenvalue weighted by Crippen LogP contribution is 2.71. The van der Waals surface area contributed by atoms with Gasteiger partial charge in [-0.05, 0) is 139 Å². The summed E-state index contributed by atoms with van der Waals surface area (Å²) in [5.41, 5.74) is 10.8. The van der Waals surface area contributed by atoms with Gasteiger partial charge in [-0.2, -0.15) is 0 Å². The van der Waals surface area contributed by atoms with E-state index in [0.29, 0.717) is 0 Å². The summed E-state index contributed by atoms with van der Waals surface area (Å²) in [5.74, 6) is 0. The highest BCUT2D eigenvalue weighted by molar-refractivity contribution is 7.27. The van der Waals surface area contributed by atoms with Crippen molar-refractivity contribution >= 4 is 79.2 Å². The van der Waals surface area contributed by atoms with Gasteiger partial charge in [0.25, 0.3) is 0 Å². The fourth-order valence-corrected chi connectivity index (χ4v) is 14.7. The van der Waals surface area contributed by atoms with Gasteiger partial charge in [0, 0.05) is 59.6 Å². The van der Waals surface area contributed by atoms with E-state index >= 15 is 0 Å². The first kappa shape index (κ1) is 36.7. The van der Waals surface area contributed by atoms with Crippen molar-refractivity contribution in [2.24, 2.45) is 21.7 Å². The normalized spacial score (nSPS) is 21.9. The molecule has 0 unspecified atom stereocenters. The van der Waals surface area contributed by atoms with Crippen molar-refractivity contribution < 1.29 is 0 Å². The summed E-state index contributed by atoms with van der Waals surface area (Å²) in [6.45, 7) is 19.3. The minimum Gasteiger partial charge on any atom is -0.143 e. The Morgan fingerprint density at radius 3 is 1.38 bits per heavy atom. The zero-order valence-corrected chi connectivity index (χ0v) is 37.9. The van der Waals surface area contributed by atoms with Gasteiger partial charge in [0.1, 0.15) is 0 Å². The summed E-state index contributed by atoms with van der Waals surface area (Å²) < 4.78 is 0. The molecule has 56 heavy (non-hydrogen) atoms. The van der Waals surface area contributed by atoms with Crippen molar-refractivity contribution in [3.05, 3.63) is 163 Å². The minimum atomic E-state index is -0.251. The molecule has 0 N–H and O–H groups in total. The molecular weight excluding hydrogens is 793 g/mol. The van der Waals surface area contributed by atoms with Crippen LogP contribution in [0.5, 0.6) is 0 Å². The molecule has 6 aromatic heterocycles. The molecule has 4 aliphatic rings. The Hall–Kier alpha value is -3.62. The summed E-state index contributed by atoms with van der Waals surface area (Å²) in [7, 11) is 0. The monoisotopic (exact) mass is 836 g/mol. The van der Waals surface area contributed by atoms with Crippen molar-refractivity contribution in [2.75, 3.05) is 0 Å². The fraction of sp³-hybridized carbons (Fsp3) is 0.240. The molecule has 2 atom stereocenters. The number of rotatable bonds is 6. The van der Waals surface area contributed by atoms with Crippen molar-refractivity contribution in [1.29, 1.82) is 0 Å². The van der Waals surface area contributed by atoms with Crippen LogP contribution in [0.4, 0.5) is 0 Å². The summed E-state index contributed by atoms with van der Waals surface area (Å²) in [4.78, 5) is 13.4. The third kappa shape index (κ3) is 5.66. The fourth-order valence-electron chi connectivity index (χ4n) is 8.81. The van der Waals surface area contributed by atoms with Gasteiger partial charge in [-0.1, -0.05) is 91.8 Å². The lowest BCUT2D eigenvalue weighted by Crippen LogP contribution is -2.49. The van der Waals surface area contributed by atoms with Crippen LogP contribution in [-0.2, 0) is 0 Å². The quantitative estimate of drug-likeness (QED) is 0.157. The SMILES string of the molecule is CC(C)(C)C1=CC2=CC(c3ccc(-c4ccc(-c5cccs5)s4)s3)=C3C=C(C(C)(C)C)C=C4C=C(c5ccc(-c6ccc(-c7cccs7)s6)s5)C(=C1)[C@]2(C)[C@@]43C. The largest absolute Gasteiger partial charge is 0.143 e. The van der Waals surface area contributed by atoms with E-state index in [2.05, 4.69) is 175 Å². The van der Waals surface area contributed by atoms with Crippen molar-refractivity contribution in [1.82, 2.24) is 0 Å². The van der Waals surface area contributed by atoms with Gasteiger partial charge in [0.15, 0.2) is 0 Å². The van der Waals surface area contributed by atoms with E-state index in [9.17, 15) is 0 Å². The molecule has 6 heterocycles. The molecule has 0 nitrogen and oxygen atoms in total. The average molecular weight is 837 g/mol. The molecule has 4 aliphatic carbocycles. The Morgan fingerprint density at radius 2 is 0.857 bits per heavy atom. The predicted molar refractivity (Wildman–Crippen MR) is 252 cm³/mol. The Morgan fingerprint density at radius 1 is 0.411 bits per heavy atom. The molecule has 0 fully saturated rings. The summed E-state index contributed by atoms with van der Waals surface area (Å²) in [6, 6.07) is 27.4. The molecular formula is C50H44S6. The van der Waals surface area contributed by atoms with Crippen LogP contribution in [0.25, 0.3) is 50.2 Å². The van der Waals surface area contributed by atoms with Crippen molar-refractivity contribution in [3.63, 3.8) is 0 Å². The second kappa shape index (κ2) is 12.9. The molecule has 0 bridgehead atoms. The number of hydrogen-bond donors (Lipinski definition) is 0. The standard InChI is InChI=1S/C50H44S6/c1-47(2,3)29-23-31-25-34(38-14-16-44(54-38)46-20-18-42(56-46)40-12-10-22-52-40)36-28-30(48(4,5)6)24-32-26-33(35(27-29)49(31,7)50(32,36)8)37-13-15-43(53-37)45-19-17-41(55-45)39-11-9-21-51-39/h9-28H,1-8H3/t49-,50+. The Kier molecular flexibility index (Phi) is 8.48. The third-order valence-electron chi connectivity index (χ3n) is 12.3. The highest BCUT2D eigenvalue weighted by Gasteiger charge is 2.59. The molecule has 0 amide bonds. The van der Waals surface area contributed by atoms with Gasteiger partial charge in [0.05, 0.1) is 0 Å². The van der Waals surface area contributed by atoms with Gasteiger partial charge in [-0.3, -0.25) is 0 Å². The second-order valence-electron chi connectivity index (χ2n) is 17.7. The maximum Gasteiger partial charge on any atom is 0.0449 e. The third-order valence-corrected chi connectivity index (χ3v) is 19.3. The van der Waals surface area contributed by atoms with Gasteiger partial charge in [0.2, 0.25) is 0 Å². The van der Waals surface area contributed by atoms with Crippen LogP contribution in [0.3, 0.4) is 0 Å². The molecule has 0 saturated heterocycles. The highest BCUT2D eigenvalue weighted by atomic mass is 32.1. The van der Waals surface area contributed by atoms with Crippen LogP contribution in [0.1, 0.15) is 65.1 Å². The molecule has 0 aliphatic heterocycles. The lowest BCUT2D eigenvalue weighted by Gasteiger charge is -2.59. The number of hydrogen-bond acceptors (Lipinski definition) is 6. The molecule has 0 aromatic carbocycles. The van der Waals surface area contributed by atoms with Crippen molar-refractivity contribution in [3.8, 4) is 39.0 Å². The summed E-state index contributed by atoms with van der Waals surface area (Å²) in [6.07, 6.45) is 15.4. The van der Waals surface area contributed by atoms with Crippen LogP contribution in [-0.4, -0.2) is 0 Å². The van der Waals surface area contributed by atoms with Crippen LogP contribution in [0.15, 0.2) is 153 Å². The second-order valence-corrected chi connectivity index (χ2v) is 23.9. The molecule has 10 rings (SSSR count). The molecule has 0 spiro atoms. The van der Waals surface area contributed by atoms with Crippen LogP contribution >= 0.6 is 68.0 Å². The predicted octanol–water partition coefficient (Wildman–Crippen LogP) is 17.4. The first-order chi connectivity index (χ1) is 26.7. The number of thiophene rings is 6. The zero-order valence-electron chi connectivity index (χ0n) is 33.0. The van der Waals surface area contributed by atoms with E-state index in [1.165, 1.54) is 93.4 Å². The smallest absolute Gasteiger partial charge is 0.0449 e. The van der Waals surface area contributed by atoms with Gasteiger partial charge in [-0.15, -0.1) is 68.0 Å². The topological polar surface area (TPSA) is 0 Å². The van der Waals surface area contributed by atoms with E-state index in [1.54, 1.807) is 0 Å². The van der Waals surface area contributed by atoms with E-state index in [-0.39, 0.29) is 21.7 Å². The van der Waals surface area contributed by atoms with Gasteiger partial charge >= 0.3 is 0 Å². The summed E-state index contributed by atoms with van der Waals surface area (Å²) >= 11 is 11.3. The lowest BCUT2D eigenvalue weighted by atomic mass is 9.43. The van der Waals surface area contributed by atoms with Crippen molar-refractivity contribution in [2.45, 2.75) is 55.4 Å². The Bertz CT molecular complexity index is 2770.